The summed E-state index contributed by atoms with van der Waals surface area (Å²) in [6, 6.07) is 14.5. The van der Waals surface area contributed by atoms with Gasteiger partial charge in [-0.15, -0.1) is 0 Å². The highest BCUT2D eigenvalue weighted by molar-refractivity contribution is 5.48. The first-order chi connectivity index (χ1) is 16.6. The molecular weight excluding hydrogens is 418 g/mol. The Bertz CT molecular complexity index is 967. The molecule has 0 radical (unpaired) electrons. The van der Waals surface area contributed by atoms with Crippen LogP contribution in [0.25, 0.3) is 0 Å². The first kappa shape index (κ1) is 25.8. The molecule has 1 heterocycles. The Balaban J connectivity index is 0.00000103. The lowest BCUT2D eigenvalue weighted by molar-refractivity contribution is 0.167. The summed E-state index contributed by atoms with van der Waals surface area (Å²) in [6.45, 7) is 12.3. The third-order valence-electron chi connectivity index (χ3n) is 6.48. The lowest BCUT2D eigenvalue weighted by atomic mass is 9.69. The molecule has 1 saturated heterocycles. The van der Waals surface area contributed by atoms with Crippen LogP contribution in [0.2, 0.25) is 0 Å². The van der Waals surface area contributed by atoms with Gasteiger partial charge >= 0.3 is 0 Å². The molecule has 2 N–H and O–H groups in total. The van der Waals surface area contributed by atoms with Gasteiger partial charge in [0.1, 0.15) is 17.6 Å². The second-order valence-electron chi connectivity index (χ2n) is 9.27. The van der Waals surface area contributed by atoms with Gasteiger partial charge in [0.05, 0.1) is 0 Å². The molecule has 1 aliphatic carbocycles. The molecule has 0 spiro atoms. The Morgan fingerprint density at radius 2 is 1.91 bits per heavy atom. The molecule has 3 unspecified atom stereocenters. The van der Waals surface area contributed by atoms with Crippen LogP contribution in [0.3, 0.4) is 0 Å². The summed E-state index contributed by atoms with van der Waals surface area (Å²) in [5, 5.41) is 13.4. The number of phenolic OH excluding ortho intramolecular Hbond substituents is 1. The number of phenols is 1. The van der Waals surface area contributed by atoms with E-state index in [2.05, 4.69) is 81.2 Å². The average Bonchev–Trinajstić information content (AvgIpc) is 2.85. The minimum atomic E-state index is 0.233. The van der Waals surface area contributed by atoms with Gasteiger partial charge in [-0.1, -0.05) is 69.4 Å². The molecule has 2 aromatic carbocycles. The zero-order valence-corrected chi connectivity index (χ0v) is 21.1. The minimum absolute atomic E-state index is 0.233. The summed E-state index contributed by atoms with van der Waals surface area (Å²) in [5.74, 6) is 1.87. The van der Waals surface area contributed by atoms with Crippen molar-refractivity contribution in [3.8, 4) is 11.5 Å². The number of fused-ring (bicyclic) bond motifs is 1. The van der Waals surface area contributed by atoms with Gasteiger partial charge in [0.15, 0.2) is 0 Å². The highest BCUT2D eigenvalue weighted by Gasteiger charge is 2.32. The van der Waals surface area contributed by atoms with Crippen LogP contribution in [0.5, 0.6) is 11.5 Å². The molecule has 0 amide bonds. The standard InChI is InChI=1S/C28H33NO2.C3H8/c1-3-6-20(7-4-2)26-15-11-22-18-23(30)12-16-27(22)28(26)21-9-13-24(14-10-21)31-25-8-5-17-29-19-25;1-3-2/h3-4,6-7,9-10,12-14,16,18,25-26,28-30H,1,5,8,11,15,17,19H2,2H3;3H2,1-2H3/b7-4-,20-6+;. The summed E-state index contributed by atoms with van der Waals surface area (Å²) in [5.41, 5.74) is 5.13. The Hall–Kier alpha value is -2.78. The lowest BCUT2D eigenvalue weighted by Crippen LogP contribution is -2.37. The van der Waals surface area contributed by atoms with Crippen molar-refractivity contribution in [2.75, 3.05) is 13.1 Å². The van der Waals surface area contributed by atoms with Gasteiger partial charge in [-0.2, -0.15) is 0 Å². The largest absolute Gasteiger partial charge is 0.508 e. The van der Waals surface area contributed by atoms with E-state index in [1.165, 1.54) is 35.1 Å². The van der Waals surface area contributed by atoms with E-state index in [0.29, 0.717) is 11.7 Å². The van der Waals surface area contributed by atoms with Crippen LogP contribution in [-0.2, 0) is 6.42 Å². The lowest BCUT2D eigenvalue weighted by Gasteiger charge is -2.35. The van der Waals surface area contributed by atoms with Crippen LogP contribution in [0.1, 0.15) is 69.1 Å². The van der Waals surface area contributed by atoms with Crippen molar-refractivity contribution in [1.29, 1.82) is 0 Å². The van der Waals surface area contributed by atoms with Crippen LogP contribution in [-0.4, -0.2) is 24.3 Å². The Morgan fingerprint density at radius 1 is 1.15 bits per heavy atom. The molecule has 0 bridgehead atoms. The van der Waals surface area contributed by atoms with E-state index in [4.69, 9.17) is 4.74 Å². The fourth-order valence-corrected chi connectivity index (χ4v) is 5.08. The molecule has 2 aromatic rings. The number of nitrogens with one attached hydrogen (secondary N) is 1. The van der Waals surface area contributed by atoms with Crippen molar-refractivity contribution in [2.45, 2.75) is 64.9 Å². The smallest absolute Gasteiger partial charge is 0.119 e. The normalized spacial score (nSPS) is 22.4. The first-order valence-electron chi connectivity index (χ1n) is 12.9. The predicted octanol–water partition coefficient (Wildman–Crippen LogP) is 7.32. The van der Waals surface area contributed by atoms with E-state index in [9.17, 15) is 5.11 Å². The molecule has 1 aliphatic heterocycles. The number of hydrogen-bond acceptors (Lipinski definition) is 3. The molecule has 3 atom stereocenters. The van der Waals surface area contributed by atoms with Gasteiger partial charge in [0, 0.05) is 12.5 Å². The summed E-state index contributed by atoms with van der Waals surface area (Å²) in [7, 11) is 0. The van der Waals surface area contributed by atoms with Gasteiger partial charge in [0.2, 0.25) is 0 Å². The van der Waals surface area contributed by atoms with E-state index >= 15 is 0 Å². The van der Waals surface area contributed by atoms with E-state index in [1.807, 2.05) is 18.2 Å². The van der Waals surface area contributed by atoms with Gasteiger partial charge in [-0.3, -0.25) is 0 Å². The fourth-order valence-electron chi connectivity index (χ4n) is 5.08. The van der Waals surface area contributed by atoms with Crippen LogP contribution in [0.4, 0.5) is 0 Å². The molecule has 3 heteroatoms. The number of hydrogen-bond donors (Lipinski definition) is 2. The van der Waals surface area contributed by atoms with Crippen molar-refractivity contribution in [1.82, 2.24) is 5.32 Å². The van der Waals surface area contributed by atoms with E-state index in [0.717, 1.165) is 38.1 Å². The van der Waals surface area contributed by atoms with E-state index in [-0.39, 0.29) is 12.0 Å². The van der Waals surface area contributed by atoms with Crippen molar-refractivity contribution < 1.29 is 9.84 Å². The fraction of sp³-hybridized carbons (Fsp3) is 0.419. The van der Waals surface area contributed by atoms with Crippen LogP contribution in [0.15, 0.2) is 78.9 Å². The van der Waals surface area contributed by atoms with Gasteiger partial charge < -0.3 is 15.2 Å². The number of piperidine rings is 1. The molecular formula is C31H41NO2. The Kier molecular flexibility index (Phi) is 10.0. The Labute approximate surface area is 206 Å². The monoisotopic (exact) mass is 459 g/mol. The third-order valence-corrected chi connectivity index (χ3v) is 6.48. The molecule has 34 heavy (non-hydrogen) atoms. The zero-order valence-electron chi connectivity index (χ0n) is 21.1. The summed E-state index contributed by atoms with van der Waals surface area (Å²) in [6.07, 6.45) is 14.1. The summed E-state index contributed by atoms with van der Waals surface area (Å²) >= 11 is 0. The van der Waals surface area contributed by atoms with E-state index in [1.54, 1.807) is 0 Å². The molecule has 3 nitrogen and oxygen atoms in total. The molecule has 1 fully saturated rings. The number of aryl methyl sites for hydroxylation is 1. The molecule has 182 valence electrons. The number of rotatable bonds is 6. The first-order valence-corrected chi connectivity index (χ1v) is 12.9. The second kappa shape index (κ2) is 13.2. The average molecular weight is 460 g/mol. The SMILES string of the molecule is C=C/C=C(\C=C/C)C1CCc2cc(O)ccc2C1c1ccc(OC2CCCNC2)cc1.CCC. The maximum Gasteiger partial charge on any atom is 0.119 e. The molecule has 2 aliphatic rings. The zero-order chi connectivity index (χ0) is 24.3. The van der Waals surface area contributed by atoms with Crippen molar-refractivity contribution in [3.05, 3.63) is 95.6 Å². The van der Waals surface area contributed by atoms with Crippen molar-refractivity contribution in [2.24, 2.45) is 5.92 Å². The number of aromatic hydroxyl groups is 1. The summed E-state index contributed by atoms with van der Waals surface area (Å²) < 4.78 is 6.20. The molecule has 0 saturated carbocycles. The second-order valence-corrected chi connectivity index (χ2v) is 9.27. The van der Waals surface area contributed by atoms with Gasteiger partial charge in [-0.25, -0.2) is 0 Å². The number of benzene rings is 2. The van der Waals surface area contributed by atoms with Crippen LogP contribution in [0, 0.1) is 5.92 Å². The van der Waals surface area contributed by atoms with Crippen LogP contribution >= 0.6 is 0 Å². The highest BCUT2D eigenvalue weighted by atomic mass is 16.5. The van der Waals surface area contributed by atoms with Gasteiger partial charge in [0.25, 0.3) is 0 Å². The third kappa shape index (κ3) is 6.64. The number of allylic oxidation sites excluding steroid dienone is 5. The predicted molar refractivity (Wildman–Crippen MR) is 144 cm³/mol. The molecule has 4 rings (SSSR count). The summed E-state index contributed by atoms with van der Waals surface area (Å²) in [4.78, 5) is 0. The maximum absolute atomic E-state index is 10.0. The van der Waals surface area contributed by atoms with Gasteiger partial charge in [-0.05, 0) is 91.6 Å². The van der Waals surface area contributed by atoms with E-state index < -0.39 is 0 Å². The van der Waals surface area contributed by atoms with Crippen molar-refractivity contribution in [3.63, 3.8) is 0 Å². The maximum atomic E-state index is 10.0. The number of ether oxygens (including phenoxy) is 1. The Morgan fingerprint density at radius 3 is 2.56 bits per heavy atom. The quantitative estimate of drug-likeness (QED) is 0.445. The highest BCUT2D eigenvalue weighted by Crippen LogP contribution is 2.45. The molecule has 0 aromatic heterocycles. The van der Waals surface area contributed by atoms with Crippen molar-refractivity contribution >= 4 is 0 Å². The van der Waals surface area contributed by atoms with Crippen LogP contribution < -0.4 is 10.1 Å². The topological polar surface area (TPSA) is 41.5 Å². The minimum Gasteiger partial charge on any atom is -0.508 e.